The summed E-state index contributed by atoms with van der Waals surface area (Å²) in [5.41, 5.74) is -0.491. The second kappa shape index (κ2) is 10.9. The molecule has 8 nitrogen and oxygen atoms in total. The molecule has 200 valence electrons. The van der Waals surface area contributed by atoms with Gasteiger partial charge in [-0.2, -0.15) is 0 Å². The van der Waals surface area contributed by atoms with E-state index in [9.17, 15) is 14.4 Å². The first-order chi connectivity index (χ1) is 17.8. The topological polar surface area (TPSA) is 97.0 Å². The summed E-state index contributed by atoms with van der Waals surface area (Å²) in [6.45, 7) is 4.80. The maximum atomic E-state index is 13.9. The molecule has 2 saturated heterocycles. The third kappa shape index (κ3) is 5.10. The van der Waals surface area contributed by atoms with Crippen LogP contribution < -0.4 is 10.6 Å². The highest BCUT2D eigenvalue weighted by molar-refractivity contribution is 9.10. The Hall–Kier alpha value is -2.23. The molecule has 1 spiro atoms. The number of carbonyl (C=O) groups is 3. The Morgan fingerprint density at radius 2 is 1.89 bits per heavy atom. The molecular formula is C28H36BrN3O5. The van der Waals surface area contributed by atoms with E-state index >= 15 is 0 Å². The van der Waals surface area contributed by atoms with Gasteiger partial charge in [0.2, 0.25) is 17.7 Å². The first kappa shape index (κ1) is 26.4. The fraction of sp³-hybridized carbons (Fsp3) is 0.607. The lowest BCUT2D eigenvalue weighted by atomic mass is 9.74. The number of hydrogen-bond donors (Lipinski definition) is 2. The molecule has 0 radical (unpaired) electrons. The summed E-state index contributed by atoms with van der Waals surface area (Å²) in [6, 6.07) is 6.61. The molecule has 1 aromatic rings. The number of nitrogens with zero attached hydrogens (tertiary/aromatic N) is 1. The Balaban J connectivity index is 1.39. The molecule has 2 N–H and O–H groups in total. The minimum atomic E-state index is -1.14. The molecule has 1 aromatic carbocycles. The maximum absolute atomic E-state index is 13.9. The standard InChI is InChI=1S/C28H36BrN3O5/c1-17(2)36-16-6-15-32-24(26(34)31-19-7-4-3-5-8-19)28-14-13-21(37-28)22(23(28)27(32)35)25(33)30-20-11-9-18(29)10-12-20/h9-14,17,19,21-24H,3-8,15-16H2,1-2H3,(H,30,33)(H,31,34)/t21-,22+,23-,24+,28+/m1/s1. The highest BCUT2D eigenvalue weighted by atomic mass is 79.9. The Labute approximate surface area is 226 Å². The third-order valence-electron chi connectivity index (χ3n) is 7.98. The average molecular weight is 575 g/mol. The summed E-state index contributed by atoms with van der Waals surface area (Å²) < 4.78 is 13.0. The molecule has 5 rings (SSSR count). The summed E-state index contributed by atoms with van der Waals surface area (Å²) >= 11 is 3.41. The van der Waals surface area contributed by atoms with Crippen molar-refractivity contribution in [3.05, 3.63) is 40.9 Å². The fourth-order valence-electron chi connectivity index (χ4n) is 6.35. The average Bonchev–Trinajstić information content (AvgIpc) is 3.51. The van der Waals surface area contributed by atoms with Crippen LogP contribution in [0.3, 0.4) is 0 Å². The Bertz CT molecular complexity index is 1050. The van der Waals surface area contributed by atoms with Crippen LogP contribution >= 0.6 is 15.9 Å². The van der Waals surface area contributed by atoms with Crippen LogP contribution in [0.4, 0.5) is 5.69 Å². The zero-order valence-electron chi connectivity index (χ0n) is 21.5. The Morgan fingerprint density at radius 3 is 2.59 bits per heavy atom. The largest absolute Gasteiger partial charge is 0.379 e. The second-order valence-corrected chi connectivity index (χ2v) is 11.8. The molecule has 37 heavy (non-hydrogen) atoms. The molecule has 0 unspecified atom stereocenters. The van der Waals surface area contributed by atoms with Gasteiger partial charge in [0, 0.05) is 29.4 Å². The zero-order chi connectivity index (χ0) is 26.2. The van der Waals surface area contributed by atoms with Gasteiger partial charge in [-0.05, 0) is 57.4 Å². The maximum Gasteiger partial charge on any atom is 0.246 e. The summed E-state index contributed by atoms with van der Waals surface area (Å²) in [4.78, 5) is 42.8. The minimum absolute atomic E-state index is 0.0891. The van der Waals surface area contributed by atoms with Crippen molar-refractivity contribution in [3.8, 4) is 0 Å². The molecule has 3 heterocycles. The number of ether oxygens (including phenoxy) is 2. The molecule has 3 amide bonds. The van der Waals surface area contributed by atoms with Crippen LogP contribution in [0.5, 0.6) is 0 Å². The molecule has 4 aliphatic rings. The van der Waals surface area contributed by atoms with E-state index in [2.05, 4.69) is 26.6 Å². The predicted molar refractivity (Wildman–Crippen MR) is 143 cm³/mol. The number of benzene rings is 1. The smallest absolute Gasteiger partial charge is 0.246 e. The quantitative estimate of drug-likeness (QED) is 0.346. The highest BCUT2D eigenvalue weighted by Gasteiger charge is 2.72. The summed E-state index contributed by atoms with van der Waals surface area (Å²) in [5, 5.41) is 6.17. The van der Waals surface area contributed by atoms with Gasteiger partial charge < -0.3 is 25.0 Å². The second-order valence-electron chi connectivity index (χ2n) is 10.8. The van der Waals surface area contributed by atoms with E-state index in [1.165, 1.54) is 6.42 Å². The van der Waals surface area contributed by atoms with Crippen molar-refractivity contribution >= 4 is 39.3 Å². The number of nitrogens with one attached hydrogen (secondary N) is 2. The van der Waals surface area contributed by atoms with Crippen LogP contribution in [0.15, 0.2) is 40.9 Å². The van der Waals surface area contributed by atoms with Crippen molar-refractivity contribution in [1.82, 2.24) is 10.2 Å². The van der Waals surface area contributed by atoms with E-state index < -0.39 is 29.6 Å². The first-order valence-corrected chi connectivity index (χ1v) is 14.3. The summed E-state index contributed by atoms with van der Waals surface area (Å²) in [7, 11) is 0. The van der Waals surface area contributed by atoms with Crippen LogP contribution in [0.1, 0.15) is 52.4 Å². The fourth-order valence-corrected chi connectivity index (χ4v) is 6.61. The van der Waals surface area contributed by atoms with E-state index in [4.69, 9.17) is 9.47 Å². The van der Waals surface area contributed by atoms with Gasteiger partial charge in [-0.25, -0.2) is 0 Å². The van der Waals surface area contributed by atoms with Gasteiger partial charge in [0.05, 0.1) is 24.0 Å². The molecule has 9 heteroatoms. The van der Waals surface area contributed by atoms with Crippen LogP contribution in [-0.4, -0.2) is 65.7 Å². The van der Waals surface area contributed by atoms with E-state index in [0.717, 1.165) is 30.2 Å². The first-order valence-electron chi connectivity index (χ1n) is 13.5. The van der Waals surface area contributed by atoms with Gasteiger partial charge in [0.25, 0.3) is 0 Å². The van der Waals surface area contributed by atoms with Gasteiger partial charge in [-0.15, -0.1) is 0 Å². The lowest BCUT2D eigenvalue weighted by molar-refractivity contribution is -0.141. The van der Waals surface area contributed by atoms with Gasteiger partial charge >= 0.3 is 0 Å². The van der Waals surface area contributed by atoms with Crippen LogP contribution in [-0.2, 0) is 23.9 Å². The Morgan fingerprint density at radius 1 is 1.16 bits per heavy atom. The number of halogens is 1. The number of rotatable bonds is 9. The van der Waals surface area contributed by atoms with Crippen molar-refractivity contribution in [2.45, 2.75) is 82.3 Å². The van der Waals surface area contributed by atoms with Gasteiger partial charge in [-0.1, -0.05) is 47.3 Å². The summed E-state index contributed by atoms with van der Waals surface area (Å²) in [5.74, 6) is -2.11. The normalized spacial score (nSPS) is 30.7. The van der Waals surface area contributed by atoms with E-state index in [1.807, 2.05) is 38.1 Å². The SMILES string of the molecule is CC(C)OCCCN1C(=O)[C@H]2[C@@H](C(=O)Nc3ccc(Br)cc3)[C@H]3C=C[C@@]2(O3)[C@@H]1C(=O)NC1CCCCC1. The molecule has 5 atom stereocenters. The van der Waals surface area contributed by atoms with Crippen LogP contribution in [0.2, 0.25) is 0 Å². The molecule has 0 aromatic heterocycles. The van der Waals surface area contributed by atoms with Crippen molar-refractivity contribution in [2.24, 2.45) is 11.8 Å². The lowest BCUT2D eigenvalue weighted by Gasteiger charge is -2.34. The third-order valence-corrected chi connectivity index (χ3v) is 8.51. The van der Waals surface area contributed by atoms with Gasteiger partial charge in [0.15, 0.2) is 0 Å². The molecule has 3 aliphatic heterocycles. The number of fused-ring (bicyclic) bond motifs is 1. The minimum Gasteiger partial charge on any atom is -0.379 e. The van der Waals surface area contributed by atoms with Gasteiger partial charge in [-0.3, -0.25) is 14.4 Å². The van der Waals surface area contributed by atoms with Crippen molar-refractivity contribution < 1.29 is 23.9 Å². The molecular weight excluding hydrogens is 538 g/mol. The van der Waals surface area contributed by atoms with Gasteiger partial charge in [0.1, 0.15) is 11.6 Å². The number of amides is 3. The number of likely N-dealkylation sites (tertiary alicyclic amines) is 1. The zero-order valence-corrected chi connectivity index (χ0v) is 23.0. The van der Waals surface area contributed by atoms with E-state index in [-0.39, 0.29) is 29.9 Å². The van der Waals surface area contributed by atoms with Crippen molar-refractivity contribution in [3.63, 3.8) is 0 Å². The van der Waals surface area contributed by atoms with E-state index in [0.29, 0.717) is 25.3 Å². The van der Waals surface area contributed by atoms with Crippen molar-refractivity contribution in [1.29, 1.82) is 0 Å². The summed E-state index contributed by atoms with van der Waals surface area (Å²) in [6.07, 6.45) is 9.12. The molecule has 3 fully saturated rings. The monoisotopic (exact) mass is 573 g/mol. The molecule has 1 saturated carbocycles. The number of anilines is 1. The Kier molecular flexibility index (Phi) is 7.75. The molecule has 1 aliphatic carbocycles. The van der Waals surface area contributed by atoms with Crippen molar-refractivity contribution in [2.75, 3.05) is 18.5 Å². The number of carbonyl (C=O) groups excluding carboxylic acids is 3. The van der Waals surface area contributed by atoms with Crippen LogP contribution in [0.25, 0.3) is 0 Å². The number of hydrogen-bond acceptors (Lipinski definition) is 5. The van der Waals surface area contributed by atoms with E-state index in [1.54, 1.807) is 17.0 Å². The predicted octanol–water partition coefficient (Wildman–Crippen LogP) is 3.80. The highest BCUT2D eigenvalue weighted by Crippen LogP contribution is 2.55. The van der Waals surface area contributed by atoms with Crippen LogP contribution in [0, 0.1) is 11.8 Å². The lowest BCUT2D eigenvalue weighted by Crippen LogP contribution is -2.56. The molecule has 2 bridgehead atoms.